The zero-order valence-electron chi connectivity index (χ0n) is 19.8. The van der Waals surface area contributed by atoms with Gasteiger partial charge >= 0.3 is 0 Å². The summed E-state index contributed by atoms with van der Waals surface area (Å²) in [5.74, 6) is 1.72. The van der Waals surface area contributed by atoms with Gasteiger partial charge in [0.1, 0.15) is 11.6 Å². The SMILES string of the molecule is COc1ccc(C(=O)NCCCc2nc3ccccc3n2Cc2c(C)cc(C)cc2C)cc1. The third-order valence-electron chi connectivity index (χ3n) is 6.11. The first-order valence-corrected chi connectivity index (χ1v) is 11.4. The van der Waals surface area contributed by atoms with Crippen molar-refractivity contribution in [2.24, 2.45) is 0 Å². The quantitative estimate of drug-likeness (QED) is 0.374. The molecular formula is C28H31N3O2. The minimum Gasteiger partial charge on any atom is -0.497 e. The van der Waals surface area contributed by atoms with Crippen molar-refractivity contribution in [3.05, 3.63) is 94.3 Å². The van der Waals surface area contributed by atoms with Crippen LogP contribution >= 0.6 is 0 Å². The summed E-state index contributed by atoms with van der Waals surface area (Å²) in [4.78, 5) is 17.4. The summed E-state index contributed by atoms with van der Waals surface area (Å²) in [7, 11) is 1.61. The number of aromatic nitrogens is 2. The average molecular weight is 442 g/mol. The highest BCUT2D eigenvalue weighted by molar-refractivity contribution is 5.94. The van der Waals surface area contributed by atoms with E-state index in [-0.39, 0.29) is 5.91 Å². The van der Waals surface area contributed by atoms with E-state index >= 15 is 0 Å². The highest BCUT2D eigenvalue weighted by atomic mass is 16.5. The van der Waals surface area contributed by atoms with Crippen molar-refractivity contribution in [2.45, 2.75) is 40.2 Å². The number of para-hydroxylation sites is 2. The van der Waals surface area contributed by atoms with Crippen molar-refractivity contribution in [1.82, 2.24) is 14.9 Å². The molecule has 5 heteroatoms. The van der Waals surface area contributed by atoms with Gasteiger partial charge in [0.05, 0.1) is 18.1 Å². The van der Waals surface area contributed by atoms with Crippen LogP contribution in [0.25, 0.3) is 11.0 Å². The highest BCUT2D eigenvalue weighted by Gasteiger charge is 2.14. The minimum absolute atomic E-state index is 0.0722. The molecule has 4 rings (SSSR count). The van der Waals surface area contributed by atoms with E-state index in [2.05, 4.69) is 61.0 Å². The first-order chi connectivity index (χ1) is 16.0. The number of fused-ring (bicyclic) bond motifs is 1. The molecule has 1 N–H and O–H groups in total. The Kier molecular flexibility index (Phi) is 6.78. The average Bonchev–Trinajstić information content (AvgIpc) is 3.16. The van der Waals surface area contributed by atoms with Crippen LogP contribution in [0.4, 0.5) is 0 Å². The molecule has 1 heterocycles. The maximum atomic E-state index is 12.4. The van der Waals surface area contributed by atoms with E-state index in [0.29, 0.717) is 12.1 Å². The summed E-state index contributed by atoms with van der Waals surface area (Å²) < 4.78 is 7.48. The fourth-order valence-corrected chi connectivity index (χ4v) is 4.40. The lowest BCUT2D eigenvalue weighted by atomic mass is 9.99. The van der Waals surface area contributed by atoms with Gasteiger partial charge in [-0.05, 0) is 80.3 Å². The molecule has 3 aromatic carbocycles. The van der Waals surface area contributed by atoms with Gasteiger partial charge in [-0.2, -0.15) is 0 Å². The first kappa shape index (κ1) is 22.6. The van der Waals surface area contributed by atoms with E-state index in [0.717, 1.165) is 42.0 Å². The van der Waals surface area contributed by atoms with E-state index in [1.165, 1.54) is 22.3 Å². The van der Waals surface area contributed by atoms with Crippen LogP contribution in [0.15, 0.2) is 60.7 Å². The molecule has 0 saturated carbocycles. The molecule has 170 valence electrons. The van der Waals surface area contributed by atoms with Crippen molar-refractivity contribution < 1.29 is 9.53 Å². The van der Waals surface area contributed by atoms with E-state index in [9.17, 15) is 4.79 Å². The molecule has 0 aliphatic rings. The summed E-state index contributed by atoms with van der Waals surface area (Å²) in [5, 5.41) is 3.02. The van der Waals surface area contributed by atoms with Gasteiger partial charge in [0.2, 0.25) is 0 Å². The second kappa shape index (κ2) is 9.90. The molecule has 0 bridgehead atoms. The standard InChI is InChI=1S/C28H31N3O2/c1-19-16-20(2)24(21(3)17-19)18-31-26-9-6-5-8-25(26)30-27(31)10-7-15-29-28(32)22-11-13-23(33-4)14-12-22/h5-6,8-9,11-14,16-17H,7,10,15,18H2,1-4H3,(H,29,32). The molecule has 0 fully saturated rings. The second-order valence-electron chi connectivity index (χ2n) is 8.57. The summed E-state index contributed by atoms with van der Waals surface area (Å²) in [6, 6.07) is 19.9. The number of hydrogen-bond acceptors (Lipinski definition) is 3. The predicted molar refractivity (Wildman–Crippen MR) is 133 cm³/mol. The van der Waals surface area contributed by atoms with Gasteiger partial charge in [0.15, 0.2) is 0 Å². The Bertz CT molecular complexity index is 1250. The number of carbonyl (C=O) groups is 1. The lowest BCUT2D eigenvalue weighted by molar-refractivity contribution is 0.0953. The number of methoxy groups -OCH3 is 1. The van der Waals surface area contributed by atoms with Gasteiger partial charge in [0.25, 0.3) is 5.91 Å². The number of imidazole rings is 1. The molecule has 1 amide bonds. The molecule has 0 radical (unpaired) electrons. The topological polar surface area (TPSA) is 56.1 Å². The van der Waals surface area contributed by atoms with Gasteiger partial charge in [-0.1, -0.05) is 29.8 Å². The Morgan fingerprint density at radius 2 is 1.70 bits per heavy atom. The maximum absolute atomic E-state index is 12.4. The van der Waals surface area contributed by atoms with E-state index in [1.54, 1.807) is 31.4 Å². The normalized spacial score (nSPS) is 11.0. The van der Waals surface area contributed by atoms with Crippen LogP contribution in [0, 0.1) is 20.8 Å². The second-order valence-corrected chi connectivity index (χ2v) is 8.57. The Morgan fingerprint density at radius 3 is 2.39 bits per heavy atom. The van der Waals surface area contributed by atoms with Crippen LogP contribution < -0.4 is 10.1 Å². The van der Waals surface area contributed by atoms with Crippen LogP contribution in [0.5, 0.6) is 5.75 Å². The summed E-state index contributed by atoms with van der Waals surface area (Å²) in [6.07, 6.45) is 1.61. The van der Waals surface area contributed by atoms with Crippen LogP contribution in [0.2, 0.25) is 0 Å². The summed E-state index contributed by atoms with van der Waals surface area (Å²) in [6.45, 7) is 7.90. The lowest BCUT2D eigenvalue weighted by Crippen LogP contribution is -2.25. The van der Waals surface area contributed by atoms with Gasteiger partial charge < -0.3 is 14.6 Å². The smallest absolute Gasteiger partial charge is 0.251 e. The fraction of sp³-hybridized carbons (Fsp3) is 0.286. The lowest BCUT2D eigenvalue weighted by Gasteiger charge is -2.15. The van der Waals surface area contributed by atoms with Crippen LogP contribution in [0.3, 0.4) is 0 Å². The minimum atomic E-state index is -0.0722. The first-order valence-electron chi connectivity index (χ1n) is 11.4. The van der Waals surface area contributed by atoms with Crippen molar-refractivity contribution in [3.63, 3.8) is 0 Å². The number of ether oxygens (including phenoxy) is 1. The van der Waals surface area contributed by atoms with Crippen LogP contribution in [-0.4, -0.2) is 29.1 Å². The molecule has 0 saturated heterocycles. The predicted octanol–water partition coefficient (Wildman–Crippen LogP) is 5.38. The van der Waals surface area contributed by atoms with Crippen LogP contribution in [-0.2, 0) is 13.0 Å². The van der Waals surface area contributed by atoms with E-state index in [4.69, 9.17) is 9.72 Å². The molecule has 0 aliphatic carbocycles. The molecular weight excluding hydrogens is 410 g/mol. The Morgan fingerprint density at radius 1 is 1.00 bits per heavy atom. The number of nitrogens with zero attached hydrogens (tertiary/aromatic N) is 2. The van der Waals surface area contributed by atoms with E-state index < -0.39 is 0 Å². The van der Waals surface area contributed by atoms with Crippen molar-refractivity contribution in [3.8, 4) is 5.75 Å². The molecule has 33 heavy (non-hydrogen) atoms. The van der Waals surface area contributed by atoms with Crippen LogP contribution in [0.1, 0.15) is 44.9 Å². The van der Waals surface area contributed by atoms with Gasteiger partial charge in [-0.15, -0.1) is 0 Å². The zero-order chi connectivity index (χ0) is 23.4. The van der Waals surface area contributed by atoms with Gasteiger partial charge in [0, 0.05) is 25.1 Å². The number of carbonyl (C=O) groups excluding carboxylic acids is 1. The Hall–Kier alpha value is -3.60. The molecule has 0 aliphatic heterocycles. The number of benzene rings is 3. The number of hydrogen-bond donors (Lipinski definition) is 1. The molecule has 5 nitrogen and oxygen atoms in total. The Balaban J connectivity index is 1.47. The van der Waals surface area contributed by atoms with Crippen molar-refractivity contribution >= 4 is 16.9 Å². The molecule has 1 aromatic heterocycles. The number of rotatable bonds is 8. The monoisotopic (exact) mass is 441 g/mol. The summed E-state index contributed by atoms with van der Waals surface area (Å²) >= 11 is 0. The largest absolute Gasteiger partial charge is 0.497 e. The molecule has 4 aromatic rings. The van der Waals surface area contributed by atoms with E-state index in [1.807, 2.05) is 6.07 Å². The van der Waals surface area contributed by atoms with Gasteiger partial charge in [-0.3, -0.25) is 4.79 Å². The number of nitrogens with one attached hydrogen (secondary N) is 1. The zero-order valence-corrected chi connectivity index (χ0v) is 19.8. The fourth-order valence-electron chi connectivity index (χ4n) is 4.40. The van der Waals surface area contributed by atoms with Gasteiger partial charge in [-0.25, -0.2) is 4.98 Å². The molecule has 0 unspecified atom stereocenters. The maximum Gasteiger partial charge on any atom is 0.251 e. The molecule has 0 spiro atoms. The third-order valence-corrected chi connectivity index (χ3v) is 6.11. The Labute approximate surface area is 195 Å². The number of amides is 1. The molecule has 0 atom stereocenters. The van der Waals surface area contributed by atoms with Crippen molar-refractivity contribution in [1.29, 1.82) is 0 Å². The summed E-state index contributed by atoms with van der Waals surface area (Å²) in [5.41, 5.74) is 8.04. The highest BCUT2D eigenvalue weighted by Crippen LogP contribution is 2.23. The van der Waals surface area contributed by atoms with Crippen molar-refractivity contribution in [2.75, 3.05) is 13.7 Å². The third kappa shape index (κ3) is 5.08. The number of aryl methyl sites for hydroxylation is 4.